The third-order valence-electron chi connectivity index (χ3n) is 6.01. The van der Waals surface area contributed by atoms with Crippen LogP contribution in [0, 0.1) is 5.41 Å². The van der Waals surface area contributed by atoms with Gasteiger partial charge in [0.05, 0.1) is 45.6 Å². The van der Waals surface area contributed by atoms with E-state index in [0.717, 1.165) is 55.0 Å². The molecule has 0 aliphatic rings. The summed E-state index contributed by atoms with van der Waals surface area (Å²) in [5, 5.41) is 14.7. The van der Waals surface area contributed by atoms with Gasteiger partial charge in [-0.3, -0.25) is 24.8 Å². The first-order valence-corrected chi connectivity index (χ1v) is 12.8. The number of amides is 1. The molecule has 0 saturated carbocycles. The number of anilines is 1. The minimum absolute atomic E-state index is 0.0396. The molecule has 0 aromatic carbocycles. The Hall–Kier alpha value is -4.37. The second-order valence-corrected chi connectivity index (χ2v) is 11.2. The van der Waals surface area contributed by atoms with Crippen LogP contribution in [0.1, 0.15) is 27.2 Å². The summed E-state index contributed by atoms with van der Waals surface area (Å²) in [7, 11) is 0. The number of rotatable bonds is 5. The molecule has 6 rings (SSSR count). The lowest BCUT2D eigenvalue weighted by atomic mass is 9.92. The largest absolute Gasteiger partial charge is 0.353 e. The third-order valence-corrected chi connectivity index (χ3v) is 6.89. The number of nitrogens with one attached hydrogen (secondary N) is 3. The highest BCUT2D eigenvalue weighted by atomic mass is 32.1. The molecular formula is C28H25N7OS. The number of fused-ring (bicyclic) bond motifs is 2. The minimum atomic E-state index is -0.0946. The van der Waals surface area contributed by atoms with E-state index in [4.69, 9.17) is 0 Å². The molecule has 1 amide bonds. The van der Waals surface area contributed by atoms with Crippen molar-refractivity contribution in [3.8, 4) is 33.2 Å². The molecule has 8 nitrogen and oxygen atoms in total. The number of pyridine rings is 3. The summed E-state index contributed by atoms with van der Waals surface area (Å²) in [6.45, 7) is 6.11. The summed E-state index contributed by atoms with van der Waals surface area (Å²) in [6, 6.07) is 12.1. The van der Waals surface area contributed by atoms with Crippen LogP contribution in [0.25, 0.3) is 55.0 Å². The molecule has 3 N–H and O–H groups in total. The number of hydrogen-bond donors (Lipinski definition) is 3. The Labute approximate surface area is 217 Å². The van der Waals surface area contributed by atoms with Crippen molar-refractivity contribution in [3.63, 3.8) is 0 Å². The Morgan fingerprint density at radius 1 is 1.00 bits per heavy atom. The van der Waals surface area contributed by atoms with Gasteiger partial charge in [-0.05, 0) is 41.1 Å². The fraction of sp³-hybridized carbons (Fsp3) is 0.179. The zero-order valence-electron chi connectivity index (χ0n) is 20.7. The lowest BCUT2D eigenvalue weighted by Gasteiger charge is -2.17. The molecule has 0 spiro atoms. The molecule has 0 atom stereocenters. The number of carbonyl (C=O) groups is 1. The van der Waals surface area contributed by atoms with Gasteiger partial charge in [0, 0.05) is 40.7 Å². The smallest absolute Gasteiger partial charge is 0.224 e. The lowest BCUT2D eigenvalue weighted by Crippen LogP contribution is -2.19. The van der Waals surface area contributed by atoms with E-state index in [1.807, 2.05) is 51.2 Å². The van der Waals surface area contributed by atoms with Crippen LogP contribution in [-0.2, 0) is 4.79 Å². The van der Waals surface area contributed by atoms with Gasteiger partial charge in [0.25, 0.3) is 0 Å². The highest BCUT2D eigenvalue weighted by molar-refractivity contribution is 7.13. The topological polar surface area (TPSA) is 112 Å². The molecule has 0 radical (unpaired) electrons. The predicted octanol–water partition coefficient (Wildman–Crippen LogP) is 6.67. The number of hydrogen-bond acceptors (Lipinski definition) is 6. The van der Waals surface area contributed by atoms with Gasteiger partial charge in [0.1, 0.15) is 5.69 Å². The summed E-state index contributed by atoms with van der Waals surface area (Å²) >= 11 is 1.67. The Balaban J connectivity index is 1.36. The first kappa shape index (κ1) is 23.1. The van der Waals surface area contributed by atoms with Crippen LogP contribution in [0.5, 0.6) is 0 Å². The molecule has 37 heavy (non-hydrogen) atoms. The van der Waals surface area contributed by atoms with E-state index in [9.17, 15) is 4.79 Å². The van der Waals surface area contributed by atoms with Crippen LogP contribution in [-0.4, -0.2) is 36.0 Å². The van der Waals surface area contributed by atoms with Crippen LogP contribution in [0.4, 0.5) is 5.69 Å². The van der Waals surface area contributed by atoms with Crippen LogP contribution in [0.2, 0.25) is 0 Å². The van der Waals surface area contributed by atoms with Crippen molar-refractivity contribution in [3.05, 3.63) is 66.6 Å². The number of nitrogens with zero attached hydrogens (tertiary/aromatic N) is 4. The van der Waals surface area contributed by atoms with Crippen LogP contribution in [0.15, 0.2) is 66.6 Å². The van der Waals surface area contributed by atoms with E-state index in [0.29, 0.717) is 12.1 Å². The molecule has 0 aliphatic heterocycles. The fourth-order valence-corrected chi connectivity index (χ4v) is 5.14. The molecule has 6 heterocycles. The second-order valence-electron chi connectivity index (χ2n) is 10.2. The molecule has 0 fully saturated rings. The summed E-state index contributed by atoms with van der Waals surface area (Å²) in [6.07, 6.45) is 7.41. The quantitative estimate of drug-likeness (QED) is 0.241. The van der Waals surface area contributed by atoms with E-state index >= 15 is 0 Å². The molecule has 9 heteroatoms. The number of aromatic amines is 2. The van der Waals surface area contributed by atoms with Gasteiger partial charge in [0.15, 0.2) is 0 Å². The summed E-state index contributed by atoms with van der Waals surface area (Å²) in [5.41, 5.74) is 6.58. The highest BCUT2D eigenvalue weighted by Crippen LogP contribution is 2.35. The van der Waals surface area contributed by atoms with Gasteiger partial charge in [-0.15, -0.1) is 11.3 Å². The van der Waals surface area contributed by atoms with Gasteiger partial charge in [-0.25, -0.2) is 0 Å². The average Bonchev–Trinajstić information content (AvgIpc) is 3.61. The Bertz CT molecular complexity index is 1740. The van der Waals surface area contributed by atoms with Gasteiger partial charge in [-0.1, -0.05) is 26.8 Å². The summed E-state index contributed by atoms with van der Waals surface area (Å²) in [5.74, 6) is -0.0396. The van der Waals surface area contributed by atoms with Gasteiger partial charge >= 0.3 is 0 Å². The Morgan fingerprint density at radius 3 is 2.68 bits per heavy atom. The SMILES string of the molecule is CC(C)(C)CC(=O)Nc1cncc(-c2cc3c(-c4cc5c(-c6cccs6)nccc5[nH]4)n[nH]c3cn2)c1. The Kier molecular flexibility index (Phi) is 5.57. The highest BCUT2D eigenvalue weighted by Gasteiger charge is 2.18. The van der Waals surface area contributed by atoms with E-state index in [2.05, 4.69) is 53.0 Å². The lowest BCUT2D eigenvalue weighted by molar-refractivity contribution is -0.117. The van der Waals surface area contributed by atoms with Crippen LogP contribution in [0.3, 0.4) is 0 Å². The van der Waals surface area contributed by atoms with Crippen LogP contribution < -0.4 is 5.32 Å². The van der Waals surface area contributed by atoms with E-state index in [1.165, 1.54) is 0 Å². The van der Waals surface area contributed by atoms with E-state index < -0.39 is 0 Å². The van der Waals surface area contributed by atoms with Crippen molar-refractivity contribution in [1.82, 2.24) is 30.1 Å². The third kappa shape index (κ3) is 4.61. The van der Waals surface area contributed by atoms with Gasteiger partial charge in [-0.2, -0.15) is 5.10 Å². The monoisotopic (exact) mass is 507 g/mol. The van der Waals surface area contributed by atoms with Crippen molar-refractivity contribution >= 4 is 44.7 Å². The molecule has 6 aromatic heterocycles. The number of aromatic nitrogens is 6. The molecule has 0 saturated heterocycles. The van der Waals surface area contributed by atoms with Gasteiger partial charge in [0.2, 0.25) is 5.91 Å². The Morgan fingerprint density at radius 2 is 1.86 bits per heavy atom. The first-order chi connectivity index (χ1) is 17.8. The maximum atomic E-state index is 12.4. The van der Waals surface area contributed by atoms with Crippen molar-refractivity contribution < 1.29 is 4.79 Å². The maximum Gasteiger partial charge on any atom is 0.224 e. The first-order valence-electron chi connectivity index (χ1n) is 12.0. The molecule has 0 bridgehead atoms. The molecule has 0 unspecified atom stereocenters. The average molecular weight is 508 g/mol. The molecule has 6 aromatic rings. The number of carbonyl (C=O) groups excluding carboxylic acids is 1. The zero-order valence-corrected chi connectivity index (χ0v) is 21.5. The van der Waals surface area contributed by atoms with Crippen molar-refractivity contribution in [1.29, 1.82) is 0 Å². The van der Waals surface area contributed by atoms with Crippen molar-refractivity contribution in [2.24, 2.45) is 5.41 Å². The summed E-state index contributed by atoms with van der Waals surface area (Å²) in [4.78, 5) is 30.6. The standard InChI is InChI=1S/C28H25N7OS/c1-28(2,3)12-25(36)32-17-9-16(13-29-14-17)21-10-19-23(15-31-21)34-35-26(19)22-11-18-20(33-22)6-7-30-27(18)24-5-4-8-37-24/h4-11,13-15,33H,12H2,1-3H3,(H,32,36)(H,34,35). The molecule has 184 valence electrons. The normalized spacial score (nSPS) is 11.9. The van der Waals surface area contributed by atoms with Crippen LogP contribution >= 0.6 is 11.3 Å². The maximum absolute atomic E-state index is 12.4. The van der Waals surface area contributed by atoms with Crippen molar-refractivity contribution in [2.75, 3.05) is 5.32 Å². The minimum Gasteiger partial charge on any atom is -0.353 e. The molecular weight excluding hydrogens is 482 g/mol. The van der Waals surface area contributed by atoms with Gasteiger partial charge < -0.3 is 10.3 Å². The predicted molar refractivity (Wildman–Crippen MR) is 148 cm³/mol. The number of H-pyrrole nitrogens is 2. The second kappa shape index (κ2) is 8.94. The summed E-state index contributed by atoms with van der Waals surface area (Å²) < 4.78 is 0. The zero-order chi connectivity index (χ0) is 25.6. The van der Waals surface area contributed by atoms with E-state index in [1.54, 1.807) is 29.9 Å². The number of thiophene rings is 1. The molecule has 0 aliphatic carbocycles. The van der Waals surface area contributed by atoms with Crippen molar-refractivity contribution in [2.45, 2.75) is 27.2 Å². The fourth-order valence-electron chi connectivity index (χ4n) is 4.41. The van der Waals surface area contributed by atoms with E-state index in [-0.39, 0.29) is 11.3 Å².